The zero-order valence-electron chi connectivity index (χ0n) is 13.1. The highest BCUT2D eigenvalue weighted by Crippen LogP contribution is 2.29. The van der Waals surface area contributed by atoms with Crippen LogP contribution < -0.4 is 10.1 Å². The first kappa shape index (κ1) is 16.5. The average Bonchev–Trinajstić information content (AvgIpc) is 2.54. The molecule has 0 aliphatic carbocycles. The molecule has 2 aromatic rings. The molecule has 0 heterocycles. The van der Waals surface area contributed by atoms with Crippen molar-refractivity contribution in [1.82, 2.24) is 5.32 Å². The third-order valence-corrected chi connectivity index (χ3v) is 3.49. The number of methoxy groups -OCH3 is 1. The molecule has 0 bridgehead atoms. The normalized spacial score (nSPS) is 11.6. The van der Waals surface area contributed by atoms with E-state index in [-0.39, 0.29) is 12.3 Å². The van der Waals surface area contributed by atoms with Crippen molar-refractivity contribution in [3.63, 3.8) is 0 Å². The van der Waals surface area contributed by atoms with Gasteiger partial charge in [0, 0.05) is 18.9 Å². The molecule has 0 spiro atoms. The number of hydrogen-bond acceptors (Lipinski definition) is 3. The predicted molar refractivity (Wildman–Crippen MR) is 87.4 cm³/mol. The third-order valence-electron chi connectivity index (χ3n) is 3.49. The van der Waals surface area contributed by atoms with E-state index in [0.717, 1.165) is 22.4 Å². The molecule has 0 aliphatic rings. The lowest BCUT2D eigenvalue weighted by Crippen LogP contribution is -2.41. The second-order valence-electron chi connectivity index (χ2n) is 5.19. The van der Waals surface area contributed by atoms with Gasteiger partial charge in [-0.15, -0.1) is 0 Å². The quantitative estimate of drug-likeness (QED) is 0.859. The maximum absolute atomic E-state index is 11.2. The van der Waals surface area contributed by atoms with Crippen molar-refractivity contribution in [2.24, 2.45) is 0 Å². The first-order valence-electron chi connectivity index (χ1n) is 7.23. The molecule has 0 saturated carbocycles. The van der Waals surface area contributed by atoms with Crippen LogP contribution in [0.2, 0.25) is 0 Å². The molecule has 23 heavy (non-hydrogen) atoms. The van der Waals surface area contributed by atoms with Gasteiger partial charge in [-0.25, -0.2) is 4.79 Å². The number of para-hydroxylation sites is 1. The molecule has 1 atom stereocenters. The van der Waals surface area contributed by atoms with Gasteiger partial charge in [0.1, 0.15) is 11.8 Å². The van der Waals surface area contributed by atoms with Gasteiger partial charge in [0.15, 0.2) is 0 Å². The van der Waals surface area contributed by atoms with E-state index in [1.165, 1.54) is 6.92 Å². The van der Waals surface area contributed by atoms with E-state index >= 15 is 0 Å². The Labute approximate surface area is 134 Å². The largest absolute Gasteiger partial charge is 0.496 e. The number of amides is 1. The van der Waals surface area contributed by atoms with Crippen molar-refractivity contribution in [2.75, 3.05) is 7.11 Å². The van der Waals surface area contributed by atoms with Gasteiger partial charge < -0.3 is 15.2 Å². The lowest BCUT2D eigenvalue weighted by Gasteiger charge is -2.14. The van der Waals surface area contributed by atoms with Gasteiger partial charge in [-0.3, -0.25) is 4.79 Å². The molecular formula is C18H19NO4. The Bertz CT molecular complexity index is 694. The van der Waals surface area contributed by atoms with Crippen molar-refractivity contribution in [2.45, 2.75) is 19.4 Å². The second-order valence-corrected chi connectivity index (χ2v) is 5.19. The van der Waals surface area contributed by atoms with E-state index in [9.17, 15) is 9.59 Å². The molecule has 2 rings (SSSR count). The van der Waals surface area contributed by atoms with Gasteiger partial charge in [0.25, 0.3) is 0 Å². The van der Waals surface area contributed by atoms with Crippen molar-refractivity contribution >= 4 is 11.9 Å². The molecule has 120 valence electrons. The molecule has 0 saturated heterocycles. The number of carboxylic acids is 1. The standard InChI is InChI=1S/C18H19NO4/c1-12(20)19-16(18(21)22)11-13-7-9-14(10-8-13)15-5-3-4-6-17(15)23-2/h3-10,16H,11H2,1-2H3,(H,19,20)(H,21,22)/t16-/m0/s1. The smallest absolute Gasteiger partial charge is 0.326 e. The lowest BCUT2D eigenvalue weighted by atomic mass is 10.00. The monoisotopic (exact) mass is 313 g/mol. The average molecular weight is 313 g/mol. The van der Waals surface area contributed by atoms with Gasteiger partial charge >= 0.3 is 5.97 Å². The Balaban J connectivity index is 2.19. The molecule has 0 aromatic heterocycles. The van der Waals surface area contributed by atoms with Crippen LogP contribution in [-0.4, -0.2) is 30.1 Å². The summed E-state index contributed by atoms with van der Waals surface area (Å²) in [6.45, 7) is 1.31. The molecule has 2 aromatic carbocycles. The van der Waals surface area contributed by atoms with E-state index in [1.54, 1.807) is 7.11 Å². The van der Waals surface area contributed by atoms with Gasteiger partial charge in [-0.1, -0.05) is 42.5 Å². The van der Waals surface area contributed by atoms with Crippen LogP contribution in [0, 0.1) is 0 Å². The van der Waals surface area contributed by atoms with Crippen molar-refractivity contribution in [1.29, 1.82) is 0 Å². The summed E-state index contributed by atoms with van der Waals surface area (Å²) < 4.78 is 5.34. The van der Waals surface area contributed by atoms with Crippen molar-refractivity contribution < 1.29 is 19.4 Å². The van der Waals surface area contributed by atoms with E-state index < -0.39 is 12.0 Å². The lowest BCUT2D eigenvalue weighted by molar-refractivity contribution is -0.141. The minimum absolute atomic E-state index is 0.237. The molecule has 0 radical (unpaired) electrons. The summed E-state index contributed by atoms with van der Waals surface area (Å²) in [5, 5.41) is 11.6. The Kier molecular flexibility index (Phi) is 5.36. The first-order chi connectivity index (χ1) is 11.0. The Hall–Kier alpha value is -2.82. The van der Waals surface area contributed by atoms with E-state index in [4.69, 9.17) is 9.84 Å². The van der Waals surface area contributed by atoms with Gasteiger partial charge in [-0.05, 0) is 17.2 Å². The van der Waals surface area contributed by atoms with Gasteiger partial charge in [0.2, 0.25) is 5.91 Å². The van der Waals surface area contributed by atoms with Crippen LogP contribution in [0.15, 0.2) is 48.5 Å². The van der Waals surface area contributed by atoms with Crippen LogP contribution in [0.4, 0.5) is 0 Å². The summed E-state index contributed by atoms with van der Waals surface area (Å²) in [6, 6.07) is 14.3. The molecule has 5 heteroatoms. The third kappa shape index (κ3) is 4.32. The Morgan fingerprint density at radius 3 is 2.35 bits per heavy atom. The van der Waals surface area contributed by atoms with Crippen LogP contribution >= 0.6 is 0 Å². The maximum atomic E-state index is 11.2. The van der Waals surface area contributed by atoms with Crippen LogP contribution in [0.1, 0.15) is 12.5 Å². The van der Waals surface area contributed by atoms with Gasteiger partial charge in [-0.2, -0.15) is 0 Å². The molecule has 0 fully saturated rings. The van der Waals surface area contributed by atoms with Crippen LogP contribution in [-0.2, 0) is 16.0 Å². The number of carbonyl (C=O) groups is 2. The molecule has 5 nitrogen and oxygen atoms in total. The molecule has 0 aliphatic heterocycles. The molecule has 0 unspecified atom stereocenters. The van der Waals surface area contributed by atoms with E-state index in [2.05, 4.69) is 5.32 Å². The fraction of sp³-hybridized carbons (Fsp3) is 0.222. The van der Waals surface area contributed by atoms with E-state index in [0.29, 0.717) is 0 Å². The van der Waals surface area contributed by atoms with Crippen molar-refractivity contribution in [3.8, 4) is 16.9 Å². The fourth-order valence-corrected chi connectivity index (χ4v) is 2.38. The summed E-state index contributed by atoms with van der Waals surface area (Å²) in [5.74, 6) is -0.626. The zero-order chi connectivity index (χ0) is 16.8. The fourth-order valence-electron chi connectivity index (χ4n) is 2.38. The topological polar surface area (TPSA) is 75.6 Å². The minimum atomic E-state index is -1.05. The number of ether oxygens (including phenoxy) is 1. The van der Waals surface area contributed by atoms with Crippen LogP contribution in [0.3, 0.4) is 0 Å². The van der Waals surface area contributed by atoms with Gasteiger partial charge in [0.05, 0.1) is 7.11 Å². The number of carboxylic acid groups (broad SMARTS) is 1. The summed E-state index contributed by atoms with van der Waals surface area (Å²) >= 11 is 0. The number of carbonyl (C=O) groups excluding carboxylic acids is 1. The number of aliphatic carboxylic acids is 1. The van der Waals surface area contributed by atoms with Crippen LogP contribution in [0.5, 0.6) is 5.75 Å². The zero-order valence-corrected chi connectivity index (χ0v) is 13.1. The Morgan fingerprint density at radius 2 is 1.78 bits per heavy atom. The summed E-state index contributed by atoms with van der Waals surface area (Å²) in [6.07, 6.45) is 0.237. The summed E-state index contributed by atoms with van der Waals surface area (Å²) in [5.41, 5.74) is 2.79. The number of benzene rings is 2. The number of rotatable bonds is 6. The minimum Gasteiger partial charge on any atom is -0.496 e. The highest BCUT2D eigenvalue weighted by Gasteiger charge is 2.18. The van der Waals surface area contributed by atoms with E-state index in [1.807, 2.05) is 48.5 Å². The SMILES string of the molecule is COc1ccccc1-c1ccc(C[C@H](NC(C)=O)C(=O)O)cc1. The second kappa shape index (κ2) is 7.45. The molecule has 1 amide bonds. The highest BCUT2D eigenvalue weighted by molar-refractivity contribution is 5.82. The van der Waals surface area contributed by atoms with Crippen molar-refractivity contribution in [3.05, 3.63) is 54.1 Å². The number of hydrogen-bond donors (Lipinski definition) is 2. The molecule has 2 N–H and O–H groups in total. The maximum Gasteiger partial charge on any atom is 0.326 e. The summed E-state index contributed by atoms with van der Waals surface area (Å²) in [4.78, 5) is 22.3. The molecular weight excluding hydrogens is 294 g/mol. The number of nitrogens with one attached hydrogen (secondary N) is 1. The van der Waals surface area contributed by atoms with Crippen LogP contribution in [0.25, 0.3) is 11.1 Å². The predicted octanol–water partition coefficient (Wildman–Crippen LogP) is 2.49. The first-order valence-corrected chi connectivity index (χ1v) is 7.23. The Morgan fingerprint density at radius 1 is 1.13 bits per heavy atom. The summed E-state index contributed by atoms with van der Waals surface area (Å²) in [7, 11) is 1.62. The highest BCUT2D eigenvalue weighted by atomic mass is 16.5.